The smallest absolute Gasteiger partial charge is 0.265 e. The predicted octanol–water partition coefficient (Wildman–Crippen LogP) is 0.292. The van der Waals surface area contributed by atoms with Crippen molar-refractivity contribution < 1.29 is 9.53 Å². The largest absolute Gasteiger partial charge is 0.368 e. The van der Waals surface area contributed by atoms with Crippen LogP contribution in [0.4, 0.5) is 0 Å². The van der Waals surface area contributed by atoms with Gasteiger partial charge in [0.1, 0.15) is 6.10 Å². The molecular weight excluding hydrogens is 168 g/mol. The molecule has 74 valence electrons. The Balaban J connectivity index is 1.87. The minimum absolute atomic E-state index is 0.122. The fourth-order valence-electron chi connectivity index (χ4n) is 1.82. The van der Waals surface area contributed by atoms with Gasteiger partial charge in [0.2, 0.25) is 0 Å². The molecule has 0 unspecified atom stereocenters. The van der Waals surface area contributed by atoms with E-state index in [0.717, 1.165) is 45.4 Å². The van der Waals surface area contributed by atoms with Crippen molar-refractivity contribution in [2.75, 3.05) is 19.7 Å². The topological polar surface area (TPSA) is 41.6 Å². The van der Waals surface area contributed by atoms with Gasteiger partial charge < -0.3 is 4.74 Å². The van der Waals surface area contributed by atoms with E-state index in [1.165, 1.54) is 0 Å². The van der Waals surface area contributed by atoms with Gasteiger partial charge in [-0.05, 0) is 25.7 Å². The lowest BCUT2D eigenvalue weighted by Gasteiger charge is -2.29. The molecule has 2 saturated heterocycles. The van der Waals surface area contributed by atoms with Crippen LogP contribution in [0.3, 0.4) is 0 Å². The first-order chi connectivity index (χ1) is 6.38. The number of rotatable bonds is 1. The summed E-state index contributed by atoms with van der Waals surface area (Å²) in [5.74, 6) is 0.122. The molecule has 2 aliphatic rings. The van der Waals surface area contributed by atoms with Crippen LogP contribution in [0.2, 0.25) is 0 Å². The summed E-state index contributed by atoms with van der Waals surface area (Å²) in [6, 6.07) is 0. The van der Waals surface area contributed by atoms with E-state index in [1.54, 1.807) is 5.01 Å². The zero-order valence-corrected chi connectivity index (χ0v) is 7.79. The van der Waals surface area contributed by atoms with Crippen LogP contribution < -0.4 is 5.43 Å². The molecule has 0 aromatic heterocycles. The molecule has 0 aliphatic carbocycles. The summed E-state index contributed by atoms with van der Waals surface area (Å²) in [4.78, 5) is 11.7. The maximum absolute atomic E-state index is 11.7. The highest BCUT2D eigenvalue weighted by atomic mass is 16.5. The number of hydrazine groups is 1. The highest BCUT2D eigenvalue weighted by molar-refractivity contribution is 5.80. The molecule has 2 aliphatic heterocycles. The Bertz CT molecular complexity index is 184. The fraction of sp³-hybridized carbons (Fsp3) is 0.889. The molecule has 0 aromatic rings. The molecule has 13 heavy (non-hydrogen) atoms. The van der Waals surface area contributed by atoms with Crippen molar-refractivity contribution in [1.29, 1.82) is 0 Å². The number of nitrogens with one attached hydrogen (secondary N) is 1. The van der Waals surface area contributed by atoms with E-state index in [4.69, 9.17) is 4.74 Å². The van der Waals surface area contributed by atoms with E-state index in [9.17, 15) is 4.79 Å². The first kappa shape index (κ1) is 8.97. The summed E-state index contributed by atoms with van der Waals surface area (Å²) in [6.07, 6.45) is 3.99. The van der Waals surface area contributed by atoms with Crippen molar-refractivity contribution in [1.82, 2.24) is 10.4 Å². The van der Waals surface area contributed by atoms with Crippen LogP contribution in [0.1, 0.15) is 25.7 Å². The van der Waals surface area contributed by atoms with Crippen LogP contribution in [-0.4, -0.2) is 36.7 Å². The average molecular weight is 184 g/mol. The average Bonchev–Trinajstić information content (AvgIpc) is 2.71. The number of ether oxygens (including phenoxy) is 1. The Kier molecular flexibility index (Phi) is 2.80. The van der Waals surface area contributed by atoms with Gasteiger partial charge >= 0.3 is 0 Å². The molecule has 0 aromatic carbocycles. The number of hydrogen-bond acceptors (Lipinski definition) is 3. The van der Waals surface area contributed by atoms with Crippen LogP contribution in [0.25, 0.3) is 0 Å². The normalized spacial score (nSPS) is 29.2. The molecule has 1 N–H and O–H groups in total. The molecule has 0 bridgehead atoms. The molecule has 0 spiro atoms. The molecule has 1 atom stereocenters. The van der Waals surface area contributed by atoms with E-state index in [-0.39, 0.29) is 12.0 Å². The van der Waals surface area contributed by atoms with Crippen LogP contribution in [0.15, 0.2) is 0 Å². The Morgan fingerprint density at radius 1 is 1.38 bits per heavy atom. The van der Waals surface area contributed by atoms with Gasteiger partial charge in [0, 0.05) is 19.7 Å². The predicted molar refractivity (Wildman–Crippen MR) is 47.9 cm³/mol. The Hall–Kier alpha value is -0.610. The van der Waals surface area contributed by atoms with E-state index < -0.39 is 0 Å². The van der Waals surface area contributed by atoms with Gasteiger partial charge in [-0.1, -0.05) is 0 Å². The van der Waals surface area contributed by atoms with E-state index in [2.05, 4.69) is 5.43 Å². The van der Waals surface area contributed by atoms with Crippen molar-refractivity contribution in [2.45, 2.75) is 31.8 Å². The minimum atomic E-state index is -0.175. The van der Waals surface area contributed by atoms with Crippen molar-refractivity contribution >= 4 is 5.91 Å². The molecule has 4 heteroatoms. The molecule has 1 amide bonds. The number of carbonyl (C=O) groups is 1. The lowest BCUT2D eigenvalue weighted by atomic mass is 10.2. The zero-order valence-electron chi connectivity index (χ0n) is 7.79. The van der Waals surface area contributed by atoms with Crippen LogP contribution in [0.5, 0.6) is 0 Å². The standard InChI is InChI=1S/C9H16N2O2/c12-9(8-4-3-7-13-8)11-6-2-1-5-10-11/h8,10H,1-7H2/t8-/m1/s1. The van der Waals surface area contributed by atoms with Crippen molar-refractivity contribution in [2.24, 2.45) is 0 Å². The van der Waals surface area contributed by atoms with E-state index in [0.29, 0.717) is 0 Å². The highest BCUT2D eigenvalue weighted by Gasteiger charge is 2.28. The SMILES string of the molecule is O=C([C@H]1CCCO1)N1CCCCN1. The van der Waals surface area contributed by atoms with Gasteiger partial charge in [0.25, 0.3) is 5.91 Å². The van der Waals surface area contributed by atoms with Gasteiger partial charge in [-0.25, -0.2) is 5.43 Å². The van der Waals surface area contributed by atoms with Crippen LogP contribution in [-0.2, 0) is 9.53 Å². The summed E-state index contributed by atoms with van der Waals surface area (Å²) < 4.78 is 5.34. The Morgan fingerprint density at radius 3 is 2.92 bits per heavy atom. The van der Waals surface area contributed by atoms with E-state index >= 15 is 0 Å². The van der Waals surface area contributed by atoms with Gasteiger partial charge in [-0.2, -0.15) is 0 Å². The monoisotopic (exact) mass is 184 g/mol. The highest BCUT2D eigenvalue weighted by Crippen LogP contribution is 2.15. The molecule has 2 fully saturated rings. The lowest BCUT2D eigenvalue weighted by molar-refractivity contribution is -0.145. The Morgan fingerprint density at radius 2 is 2.31 bits per heavy atom. The van der Waals surface area contributed by atoms with Crippen molar-refractivity contribution in [3.05, 3.63) is 0 Å². The minimum Gasteiger partial charge on any atom is -0.368 e. The zero-order chi connectivity index (χ0) is 9.10. The van der Waals surface area contributed by atoms with Gasteiger partial charge in [-0.15, -0.1) is 0 Å². The maximum atomic E-state index is 11.7. The van der Waals surface area contributed by atoms with Gasteiger partial charge in [0.05, 0.1) is 0 Å². The third-order valence-electron chi connectivity index (χ3n) is 2.58. The molecular formula is C9H16N2O2. The molecule has 0 saturated carbocycles. The first-order valence-electron chi connectivity index (χ1n) is 5.04. The molecule has 4 nitrogen and oxygen atoms in total. The molecule has 0 radical (unpaired) electrons. The lowest BCUT2D eigenvalue weighted by Crippen LogP contribution is -2.50. The Labute approximate surface area is 78.2 Å². The summed E-state index contributed by atoms with van der Waals surface area (Å²) in [7, 11) is 0. The molecule has 2 rings (SSSR count). The second-order valence-corrected chi connectivity index (χ2v) is 3.61. The summed E-state index contributed by atoms with van der Waals surface area (Å²) in [5.41, 5.74) is 3.10. The number of nitrogens with zero attached hydrogens (tertiary/aromatic N) is 1. The fourth-order valence-corrected chi connectivity index (χ4v) is 1.82. The number of hydrogen-bond donors (Lipinski definition) is 1. The summed E-state index contributed by atoms with van der Waals surface area (Å²) in [6.45, 7) is 2.49. The van der Waals surface area contributed by atoms with Crippen molar-refractivity contribution in [3.8, 4) is 0 Å². The maximum Gasteiger partial charge on any atom is 0.265 e. The third kappa shape index (κ3) is 2.00. The van der Waals surface area contributed by atoms with Gasteiger partial charge in [-0.3, -0.25) is 9.80 Å². The quantitative estimate of drug-likeness (QED) is 0.637. The van der Waals surface area contributed by atoms with Gasteiger partial charge in [0.15, 0.2) is 0 Å². The third-order valence-corrected chi connectivity index (χ3v) is 2.58. The summed E-state index contributed by atoms with van der Waals surface area (Å²) in [5, 5.41) is 1.72. The first-order valence-corrected chi connectivity index (χ1v) is 5.04. The number of carbonyl (C=O) groups excluding carboxylic acids is 1. The summed E-state index contributed by atoms with van der Waals surface area (Å²) >= 11 is 0. The second kappa shape index (κ2) is 4.07. The van der Waals surface area contributed by atoms with E-state index in [1.807, 2.05) is 0 Å². The van der Waals surface area contributed by atoms with Crippen molar-refractivity contribution in [3.63, 3.8) is 0 Å². The molecule has 2 heterocycles. The van der Waals surface area contributed by atoms with Crippen LogP contribution in [0, 0.1) is 0 Å². The van der Waals surface area contributed by atoms with Crippen LogP contribution >= 0.6 is 0 Å². The second-order valence-electron chi connectivity index (χ2n) is 3.61. The number of amides is 1.